The number of anilines is 1. The van der Waals surface area contributed by atoms with Crippen molar-refractivity contribution in [2.45, 2.75) is 24.2 Å². The largest absolute Gasteiger partial charge is 0.496 e. The van der Waals surface area contributed by atoms with Crippen molar-refractivity contribution in [3.8, 4) is 5.75 Å². The summed E-state index contributed by atoms with van der Waals surface area (Å²) in [6.45, 7) is 0.965. The van der Waals surface area contributed by atoms with E-state index >= 15 is 0 Å². The van der Waals surface area contributed by atoms with Crippen LogP contribution in [0.2, 0.25) is 10.0 Å². The monoisotopic (exact) mass is 442 g/mol. The molecular weight excluding hydrogens is 423 g/mol. The van der Waals surface area contributed by atoms with Crippen LogP contribution in [0.15, 0.2) is 41.3 Å². The zero-order valence-electron chi connectivity index (χ0n) is 15.2. The van der Waals surface area contributed by atoms with Gasteiger partial charge in [-0.3, -0.25) is 4.79 Å². The normalized spacial score (nSPS) is 15.2. The molecule has 1 N–H and O–H groups in total. The number of nitrogens with one attached hydrogen (secondary N) is 1. The minimum absolute atomic E-state index is 0.0579. The quantitative estimate of drug-likeness (QED) is 0.742. The molecule has 0 saturated carbocycles. The minimum Gasteiger partial charge on any atom is -0.496 e. The number of hydrogen-bond acceptors (Lipinski definition) is 4. The van der Waals surface area contributed by atoms with Gasteiger partial charge in [0.1, 0.15) is 5.75 Å². The number of sulfonamides is 1. The Morgan fingerprint density at radius 2 is 1.79 bits per heavy atom. The van der Waals surface area contributed by atoms with E-state index in [9.17, 15) is 13.2 Å². The predicted molar refractivity (Wildman–Crippen MR) is 110 cm³/mol. The van der Waals surface area contributed by atoms with Crippen LogP contribution in [-0.4, -0.2) is 38.8 Å². The van der Waals surface area contributed by atoms with E-state index in [4.69, 9.17) is 27.9 Å². The molecular formula is C19H20Cl2N2O4S. The summed E-state index contributed by atoms with van der Waals surface area (Å²) in [5, 5.41) is 3.38. The van der Waals surface area contributed by atoms with Crippen molar-refractivity contribution in [2.75, 3.05) is 25.5 Å². The molecule has 28 heavy (non-hydrogen) atoms. The van der Waals surface area contributed by atoms with Crippen molar-refractivity contribution in [1.82, 2.24) is 4.31 Å². The highest BCUT2D eigenvalue weighted by atomic mass is 35.5. The Balaban J connectivity index is 1.93. The second-order valence-corrected chi connectivity index (χ2v) is 9.19. The van der Waals surface area contributed by atoms with Gasteiger partial charge >= 0.3 is 0 Å². The van der Waals surface area contributed by atoms with E-state index in [0.717, 1.165) is 19.3 Å². The molecule has 0 bridgehead atoms. The average Bonchev–Trinajstić information content (AvgIpc) is 2.70. The summed E-state index contributed by atoms with van der Waals surface area (Å²) in [7, 11) is -2.26. The first-order valence-electron chi connectivity index (χ1n) is 8.77. The lowest BCUT2D eigenvalue weighted by molar-refractivity contribution is 0.102. The summed E-state index contributed by atoms with van der Waals surface area (Å²) < 4.78 is 32.6. The molecule has 0 aliphatic carbocycles. The number of nitrogens with zero attached hydrogens (tertiary/aromatic N) is 1. The average molecular weight is 443 g/mol. The van der Waals surface area contributed by atoms with E-state index in [2.05, 4.69) is 5.32 Å². The van der Waals surface area contributed by atoms with Crippen LogP contribution in [0, 0.1) is 0 Å². The van der Waals surface area contributed by atoms with Crippen molar-refractivity contribution in [2.24, 2.45) is 0 Å². The molecule has 2 aromatic carbocycles. The Kier molecular flexibility index (Phi) is 6.50. The van der Waals surface area contributed by atoms with Gasteiger partial charge in [-0.2, -0.15) is 4.31 Å². The zero-order chi connectivity index (χ0) is 20.3. The fourth-order valence-electron chi connectivity index (χ4n) is 3.06. The van der Waals surface area contributed by atoms with Crippen molar-refractivity contribution < 1.29 is 17.9 Å². The molecule has 6 nitrogen and oxygen atoms in total. The van der Waals surface area contributed by atoms with Crippen molar-refractivity contribution in [3.63, 3.8) is 0 Å². The van der Waals surface area contributed by atoms with E-state index < -0.39 is 15.9 Å². The van der Waals surface area contributed by atoms with E-state index in [1.54, 1.807) is 12.1 Å². The SMILES string of the molecule is COc1ccc(S(=O)(=O)N2CCCCC2)cc1C(=O)Nc1ccc(Cl)cc1Cl. The molecule has 0 aromatic heterocycles. The van der Waals surface area contributed by atoms with E-state index in [1.807, 2.05) is 0 Å². The molecule has 0 spiro atoms. The summed E-state index contributed by atoms with van der Waals surface area (Å²) >= 11 is 12.0. The van der Waals surface area contributed by atoms with Crippen LogP contribution < -0.4 is 10.1 Å². The Labute approximate surface area is 174 Å². The first-order valence-corrected chi connectivity index (χ1v) is 11.0. The van der Waals surface area contributed by atoms with Crippen molar-refractivity contribution in [3.05, 3.63) is 52.0 Å². The molecule has 3 rings (SSSR count). The van der Waals surface area contributed by atoms with E-state index in [-0.39, 0.29) is 21.2 Å². The maximum atomic E-state index is 12.9. The number of carbonyl (C=O) groups excluding carboxylic acids is 1. The number of hydrogen-bond donors (Lipinski definition) is 1. The number of methoxy groups -OCH3 is 1. The summed E-state index contributed by atoms with van der Waals surface area (Å²) in [6.07, 6.45) is 2.68. The number of rotatable bonds is 5. The van der Waals surface area contributed by atoms with E-state index in [1.165, 1.54) is 35.7 Å². The number of piperidine rings is 1. The summed E-state index contributed by atoms with van der Waals surface area (Å²) in [4.78, 5) is 12.9. The molecule has 2 aromatic rings. The van der Waals surface area contributed by atoms with E-state index in [0.29, 0.717) is 23.8 Å². The van der Waals surface area contributed by atoms with Gasteiger partial charge in [-0.25, -0.2) is 8.42 Å². The van der Waals surface area contributed by atoms with Crippen LogP contribution >= 0.6 is 23.2 Å². The number of amides is 1. The van der Waals surface area contributed by atoms with Gasteiger partial charge in [-0.05, 0) is 49.2 Å². The van der Waals surface area contributed by atoms with Crippen LogP contribution in [0.5, 0.6) is 5.75 Å². The Bertz CT molecular complexity index is 989. The van der Waals surface area contributed by atoms with Crippen molar-refractivity contribution in [1.29, 1.82) is 0 Å². The Morgan fingerprint density at radius 3 is 2.43 bits per heavy atom. The molecule has 0 atom stereocenters. The fraction of sp³-hybridized carbons (Fsp3) is 0.316. The molecule has 1 amide bonds. The maximum absolute atomic E-state index is 12.9. The van der Waals surface area contributed by atoms with Crippen LogP contribution in [-0.2, 0) is 10.0 Å². The van der Waals surface area contributed by atoms with Gasteiger partial charge in [0.15, 0.2) is 0 Å². The van der Waals surface area contributed by atoms with Gasteiger partial charge in [-0.1, -0.05) is 29.6 Å². The number of carbonyl (C=O) groups is 1. The Hall–Kier alpha value is -1.80. The number of halogens is 2. The fourth-order valence-corrected chi connectivity index (χ4v) is 5.06. The highest BCUT2D eigenvalue weighted by molar-refractivity contribution is 7.89. The number of ether oxygens (including phenoxy) is 1. The van der Waals surface area contributed by atoms with Crippen LogP contribution in [0.4, 0.5) is 5.69 Å². The van der Waals surface area contributed by atoms with Gasteiger partial charge in [0.05, 0.1) is 28.3 Å². The van der Waals surface area contributed by atoms with Crippen LogP contribution in [0.1, 0.15) is 29.6 Å². The van der Waals surface area contributed by atoms with Crippen LogP contribution in [0.3, 0.4) is 0 Å². The smallest absolute Gasteiger partial charge is 0.259 e. The third-order valence-electron chi connectivity index (χ3n) is 4.55. The Morgan fingerprint density at radius 1 is 1.07 bits per heavy atom. The van der Waals surface area contributed by atoms with Crippen molar-refractivity contribution >= 4 is 44.8 Å². The first-order chi connectivity index (χ1) is 13.3. The maximum Gasteiger partial charge on any atom is 0.259 e. The zero-order valence-corrected chi connectivity index (χ0v) is 17.6. The topological polar surface area (TPSA) is 75.7 Å². The molecule has 9 heteroatoms. The lowest BCUT2D eigenvalue weighted by Gasteiger charge is -2.26. The van der Waals surface area contributed by atoms with Gasteiger partial charge in [0.25, 0.3) is 5.91 Å². The predicted octanol–water partition coefficient (Wildman–Crippen LogP) is 4.43. The summed E-state index contributed by atoms with van der Waals surface area (Å²) in [5.41, 5.74) is 0.467. The number of benzene rings is 2. The standard InChI is InChI=1S/C19H20Cl2N2O4S/c1-27-18-8-6-14(28(25,26)23-9-3-2-4-10-23)12-15(18)19(24)22-17-7-5-13(20)11-16(17)21/h5-8,11-12H,2-4,9-10H2,1H3,(H,22,24). The molecule has 150 valence electrons. The summed E-state index contributed by atoms with van der Waals surface area (Å²) in [6, 6.07) is 8.94. The molecule has 0 unspecified atom stereocenters. The first kappa shape index (κ1) is 20.9. The lowest BCUT2D eigenvalue weighted by Crippen LogP contribution is -2.35. The van der Waals surface area contributed by atoms with Gasteiger partial charge in [0.2, 0.25) is 10.0 Å². The molecule has 0 radical (unpaired) electrons. The highest BCUT2D eigenvalue weighted by Crippen LogP contribution is 2.29. The highest BCUT2D eigenvalue weighted by Gasteiger charge is 2.27. The molecule has 1 aliphatic heterocycles. The molecule has 1 saturated heterocycles. The molecule has 1 heterocycles. The second-order valence-electron chi connectivity index (χ2n) is 6.41. The van der Waals surface area contributed by atoms with Gasteiger partial charge in [-0.15, -0.1) is 0 Å². The summed E-state index contributed by atoms with van der Waals surface area (Å²) in [5.74, 6) is -0.267. The van der Waals surface area contributed by atoms with Crippen LogP contribution in [0.25, 0.3) is 0 Å². The molecule has 1 aliphatic rings. The molecule has 1 fully saturated rings. The van der Waals surface area contributed by atoms with Gasteiger partial charge in [0, 0.05) is 18.1 Å². The lowest BCUT2D eigenvalue weighted by atomic mass is 10.2. The van der Waals surface area contributed by atoms with Gasteiger partial charge < -0.3 is 10.1 Å². The minimum atomic E-state index is -3.68. The third-order valence-corrected chi connectivity index (χ3v) is 6.99. The third kappa shape index (κ3) is 4.43. The second kappa shape index (κ2) is 8.69.